The van der Waals surface area contributed by atoms with Gasteiger partial charge in [0.25, 0.3) is 0 Å². The van der Waals surface area contributed by atoms with Gasteiger partial charge in [-0.3, -0.25) is 4.79 Å². The van der Waals surface area contributed by atoms with E-state index in [-0.39, 0.29) is 90.4 Å². The molecule has 9 atom stereocenters. The Balaban J connectivity index is 1.03. The molecule has 5 aromatic rings. The largest absolute Gasteiger partial charge is 0.483 e. The molecule has 12 nitrogen and oxygen atoms in total. The van der Waals surface area contributed by atoms with Crippen molar-refractivity contribution < 1.29 is 53.4 Å². The number of benzene rings is 4. The Bertz CT molecular complexity index is 3080. The first kappa shape index (κ1) is 54.3. The lowest BCUT2D eigenvalue weighted by molar-refractivity contribution is -0.201. The molecule has 12 rings (SSSR count). The fourth-order valence-electron chi connectivity index (χ4n) is 15.7. The average molecular weight is 1060 g/mol. The number of aliphatic hydroxyl groups is 4. The Morgan fingerprint density at radius 2 is 1.58 bits per heavy atom. The van der Waals surface area contributed by atoms with E-state index in [1.165, 1.54) is 47.9 Å². The van der Waals surface area contributed by atoms with Crippen molar-refractivity contribution in [2.45, 2.75) is 177 Å². The number of aryl methyl sites for hydroxylation is 2. The lowest BCUT2D eigenvalue weighted by Crippen LogP contribution is -2.58. The maximum absolute atomic E-state index is 15.5. The van der Waals surface area contributed by atoms with E-state index in [2.05, 4.69) is 72.8 Å². The summed E-state index contributed by atoms with van der Waals surface area (Å²) in [7, 11) is 0. The van der Waals surface area contributed by atoms with Crippen molar-refractivity contribution >= 4 is 22.9 Å². The molecular formula is C66H78O12. The molecule has 0 spiro atoms. The second-order valence-electron chi connectivity index (χ2n) is 23.8. The summed E-state index contributed by atoms with van der Waals surface area (Å²) in [5.41, 5.74) is 7.20. The summed E-state index contributed by atoms with van der Waals surface area (Å²) in [6.45, 7) is 1.68. The Labute approximate surface area is 458 Å². The number of rotatable bonds is 11. The topological polar surface area (TPSA) is 182 Å². The van der Waals surface area contributed by atoms with Crippen LogP contribution >= 0.6 is 0 Å². The third-order valence-electron chi connectivity index (χ3n) is 19.7. The van der Waals surface area contributed by atoms with Gasteiger partial charge in [-0.25, -0.2) is 9.59 Å². The number of fused-ring (bicyclic) bond motifs is 14. The SMILES string of the molecule is C/C(CO)=C1\CCc2ccc(cc2)[C@@H]2CC[C@@H](c3cccc([C@@]45CCCC[C@@H]4CCc4ccccc45)c3)C[C@@H]2CC(=O)O[C@@H]2c3c(ccc4c(CO)c([C@H](CCO)COCO)c(=O)oc34)O[C@@](C)(C3CCCCC3)[C@H]2OC1=O. The molecule has 4 N–H and O–H groups in total. The van der Waals surface area contributed by atoms with Crippen LogP contribution in [0.5, 0.6) is 5.75 Å². The minimum absolute atomic E-state index is 0.0210. The molecule has 0 unspecified atom stereocenters. The van der Waals surface area contributed by atoms with E-state index in [1.807, 2.05) is 6.92 Å². The van der Waals surface area contributed by atoms with E-state index in [1.54, 1.807) is 19.1 Å². The van der Waals surface area contributed by atoms with Crippen LogP contribution in [0.2, 0.25) is 0 Å². The Morgan fingerprint density at radius 3 is 2.36 bits per heavy atom. The van der Waals surface area contributed by atoms with Crippen LogP contribution in [-0.4, -0.2) is 70.7 Å². The third-order valence-corrected chi connectivity index (χ3v) is 19.7. The van der Waals surface area contributed by atoms with Gasteiger partial charge >= 0.3 is 17.6 Å². The van der Waals surface area contributed by atoms with Crippen molar-refractivity contribution in [2.75, 3.05) is 26.6 Å². The van der Waals surface area contributed by atoms with Crippen molar-refractivity contribution in [3.63, 3.8) is 0 Å². The Morgan fingerprint density at radius 1 is 0.782 bits per heavy atom. The molecule has 4 aromatic carbocycles. The van der Waals surface area contributed by atoms with Gasteiger partial charge in [0.2, 0.25) is 0 Å². The summed E-state index contributed by atoms with van der Waals surface area (Å²) in [4.78, 5) is 45.0. The summed E-state index contributed by atoms with van der Waals surface area (Å²) in [5.74, 6) is -0.990. The highest BCUT2D eigenvalue weighted by Crippen LogP contribution is 2.56. The summed E-state index contributed by atoms with van der Waals surface area (Å²) < 4.78 is 32.6. The van der Waals surface area contributed by atoms with E-state index in [4.69, 9.17) is 23.4 Å². The molecule has 78 heavy (non-hydrogen) atoms. The van der Waals surface area contributed by atoms with E-state index < -0.39 is 54.7 Å². The smallest absolute Gasteiger partial charge is 0.340 e. The number of hydrogen-bond acceptors (Lipinski definition) is 12. The van der Waals surface area contributed by atoms with Crippen LogP contribution in [0, 0.1) is 17.8 Å². The normalized spacial score (nSPS) is 28.7. The zero-order chi connectivity index (χ0) is 54.1. The standard InChI is InChI=1S/C66H78O12/c1-40(36-68)51-26-20-41-18-21-42(22-19-41)52-27-24-45(44-12-10-16-50(34-44)66-31-9-8-15-49(66)25-23-43-11-6-7-17-55(43)66)33-47(52)35-57(71)75-61-59-56(78-65(2,62(61)77-63(51)72)48-13-4-3-5-14-48)29-28-53-54(37-69)58(64(73)76-60(53)59)46(30-32-67)38-74-39-70/h6-7,10-12,16-19,21-22,28-29,34,45-49,52,61-62,67-70H,3-5,8-9,13-15,20,23-27,30-33,35-39H2,1-2H3/b51-40-/t45-,46-,47-,49-,52+,61-,62+,65+,66-/m1/s1. The number of esters is 2. The lowest BCUT2D eigenvalue weighted by atomic mass is 9.54. The number of ether oxygens (including phenoxy) is 4. The molecule has 0 radical (unpaired) electrons. The predicted molar refractivity (Wildman–Crippen MR) is 296 cm³/mol. The molecule has 12 heteroatoms. The number of carbonyl (C=O) groups excluding carboxylic acids is 2. The second-order valence-corrected chi connectivity index (χ2v) is 23.8. The average Bonchev–Trinajstić information content (AvgIpc) is 3.49. The predicted octanol–water partition coefficient (Wildman–Crippen LogP) is 11.4. The third kappa shape index (κ3) is 10.1. The first-order valence-electron chi connectivity index (χ1n) is 29.2. The number of aliphatic hydroxyl groups excluding tert-OH is 4. The van der Waals surface area contributed by atoms with Crippen molar-refractivity contribution in [3.05, 3.63) is 157 Å². The maximum atomic E-state index is 15.5. The first-order valence-corrected chi connectivity index (χ1v) is 29.2. The molecule has 0 saturated heterocycles. The van der Waals surface area contributed by atoms with Crippen molar-refractivity contribution in [2.24, 2.45) is 17.8 Å². The van der Waals surface area contributed by atoms with Crippen LogP contribution in [0.25, 0.3) is 11.0 Å². The molecule has 7 aliphatic rings. The number of carbonyl (C=O) groups is 2. The molecule has 4 aliphatic carbocycles. The van der Waals surface area contributed by atoms with Crippen molar-refractivity contribution in [3.8, 4) is 5.75 Å². The summed E-state index contributed by atoms with van der Waals surface area (Å²) in [5, 5.41) is 41.7. The Hall–Kier alpha value is -5.63. The minimum Gasteiger partial charge on any atom is -0.483 e. The van der Waals surface area contributed by atoms with Crippen LogP contribution in [0.4, 0.5) is 0 Å². The summed E-state index contributed by atoms with van der Waals surface area (Å²) >= 11 is 0. The van der Waals surface area contributed by atoms with E-state index in [0.29, 0.717) is 34.6 Å². The molecule has 414 valence electrons. The van der Waals surface area contributed by atoms with Crippen LogP contribution in [0.15, 0.2) is 105 Å². The molecular weight excluding hydrogens is 985 g/mol. The fraction of sp³-hybridized carbons (Fsp3) is 0.530. The van der Waals surface area contributed by atoms with Gasteiger partial charge in [-0.2, -0.15) is 0 Å². The van der Waals surface area contributed by atoms with E-state index in [9.17, 15) is 25.2 Å². The minimum atomic E-state index is -1.33. The van der Waals surface area contributed by atoms with Gasteiger partial charge < -0.3 is 43.8 Å². The van der Waals surface area contributed by atoms with Crippen molar-refractivity contribution in [1.29, 1.82) is 0 Å². The molecule has 0 amide bonds. The Kier molecular flexibility index (Phi) is 16.2. The van der Waals surface area contributed by atoms with Gasteiger partial charge in [-0.1, -0.05) is 105 Å². The second kappa shape index (κ2) is 23.2. The van der Waals surface area contributed by atoms with Crippen LogP contribution < -0.4 is 10.4 Å². The van der Waals surface area contributed by atoms with Crippen molar-refractivity contribution in [1.82, 2.24) is 0 Å². The van der Waals surface area contributed by atoms with Crippen LogP contribution in [-0.2, 0) is 48.7 Å². The van der Waals surface area contributed by atoms with Crippen LogP contribution in [0.3, 0.4) is 0 Å². The highest BCUT2D eigenvalue weighted by Gasteiger charge is 2.57. The van der Waals surface area contributed by atoms with Gasteiger partial charge in [0, 0.05) is 46.8 Å². The van der Waals surface area contributed by atoms with Crippen LogP contribution in [0.1, 0.15) is 191 Å². The molecule has 2 bridgehead atoms. The zero-order valence-electron chi connectivity index (χ0n) is 45.5. The summed E-state index contributed by atoms with van der Waals surface area (Å²) in [6, 6.07) is 30.6. The van der Waals surface area contributed by atoms with E-state index in [0.717, 1.165) is 75.3 Å². The molecule has 3 fully saturated rings. The lowest BCUT2D eigenvalue weighted by Gasteiger charge is -2.50. The van der Waals surface area contributed by atoms with Gasteiger partial charge in [-0.15, -0.1) is 0 Å². The summed E-state index contributed by atoms with van der Waals surface area (Å²) in [6.07, 6.45) is 12.6. The van der Waals surface area contributed by atoms with E-state index >= 15 is 9.59 Å². The highest BCUT2D eigenvalue weighted by molar-refractivity contribution is 5.90. The first-order chi connectivity index (χ1) is 38.0. The number of hydrogen-bond donors (Lipinski definition) is 4. The zero-order valence-corrected chi connectivity index (χ0v) is 45.5. The molecule has 3 aliphatic heterocycles. The van der Waals surface area contributed by atoms with Gasteiger partial charge in [0.1, 0.15) is 23.7 Å². The van der Waals surface area contributed by atoms with Gasteiger partial charge in [-0.05, 0) is 171 Å². The molecule has 3 saturated carbocycles. The molecule has 1 aromatic heterocycles. The quantitative estimate of drug-likeness (QED) is 0.0426. The highest BCUT2D eigenvalue weighted by atomic mass is 16.6. The van der Waals surface area contributed by atoms with Gasteiger partial charge in [0.15, 0.2) is 12.2 Å². The fourth-order valence-corrected chi connectivity index (χ4v) is 15.7. The monoisotopic (exact) mass is 1060 g/mol. The maximum Gasteiger partial charge on any atom is 0.340 e. The van der Waals surface area contributed by atoms with Gasteiger partial charge in [0.05, 0.1) is 25.4 Å². The molecule has 4 heterocycles.